The number of rotatable bonds is 8. The van der Waals surface area contributed by atoms with Crippen LogP contribution in [0.25, 0.3) is 0 Å². The van der Waals surface area contributed by atoms with E-state index in [9.17, 15) is 4.39 Å². The zero-order valence-electron chi connectivity index (χ0n) is 11.1. The van der Waals surface area contributed by atoms with Gasteiger partial charge in [0.1, 0.15) is 0 Å². The van der Waals surface area contributed by atoms with Gasteiger partial charge in [0.2, 0.25) is 0 Å². The molecule has 0 aliphatic heterocycles. The largest absolute Gasteiger partial charge is 0.494 e. The lowest BCUT2D eigenvalue weighted by atomic mass is 10.0. The van der Waals surface area contributed by atoms with Gasteiger partial charge in [-0.05, 0) is 36.6 Å². The minimum absolute atomic E-state index is 0.220. The van der Waals surface area contributed by atoms with Gasteiger partial charge in [0, 0.05) is 13.2 Å². The molecule has 0 amide bonds. The molecule has 0 saturated heterocycles. The zero-order chi connectivity index (χ0) is 13.4. The molecule has 1 aromatic carbocycles. The molecule has 0 radical (unpaired) electrons. The third-order valence-electron chi connectivity index (χ3n) is 3.09. The summed E-state index contributed by atoms with van der Waals surface area (Å²) in [7, 11) is 1.46. The van der Waals surface area contributed by atoms with E-state index in [4.69, 9.17) is 9.84 Å². The monoisotopic (exact) mass is 255 g/mol. The molecule has 1 unspecified atom stereocenters. The third kappa shape index (κ3) is 4.63. The summed E-state index contributed by atoms with van der Waals surface area (Å²) >= 11 is 0. The van der Waals surface area contributed by atoms with Crippen molar-refractivity contribution in [2.24, 2.45) is 5.92 Å². The van der Waals surface area contributed by atoms with Crippen molar-refractivity contribution < 1.29 is 14.2 Å². The lowest BCUT2D eigenvalue weighted by molar-refractivity contribution is 0.251. The van der Waals surface area contributed by atoms with Crippen LogP contribution >= 0.6 is 0 Å². The number of methoxy groups -OCH3 is 1. The van der Waals surface area contributed by atoms with Gasteiger partial charge in [-0.2, -0.15) is 0 Å². The maximum atomic E-state index is 13.4. The molecule has 0 heterocycles. The fraction of sp³-hybridized carbons (Fsp3) is 0.571. The molecule has 1 aromatic rings. The maximum Gasteiger partial charge on any atom is 0.165 e. The van der Waals surface area contributed by atoms with Crippen LogP contribution in [-0.2, 0) is 6.54 Å². The highest BCUT2D eigenvalue weighted by Gasteiger charge is 2.06. The Bertz CT molecular complexity index is 358. The van der Waals surface area contributed by atoms with E-state index >= 15 is 0 Å². The van der Waals surface area contributed by atoms with Crippen molar-refractivity contribution >= 4 is 0 Å². The van der Waals surface area contributed by atoms with Crippen molar-refractivity contribution in [2.75, 3.05) is 20.3 Å². The van der Waals surface area contributed by atoms with E-state index in [1.165, 1.54) is 13.2 Å². The van der Waals surface area contributed by atoms with Crippen molar-refractivity contribution in [2.45, 2.75) is 26.3 Å². The highest BCUT2D eigenvalue weighted by molar-refractivity contribution is 5.29. The Morgan fingerprint density at radius 2 is 2.22 bits per heavy atom. The van der Waals surface area contributed by atoms with E-state index < -0.39 is 0 Å². The molecule has 0 aromatic heterocycles. The molecule has 1 rings (SSSR count). The third-order valence-corrected chi connectivity index (χ3v) is 3.09. The molecular weight excluding hydrogens is 233 g/mol. The van der Waals surface area contributed by atoms with Gasteiger partial charge in [-0.25, -0.2) is 4.39 Å². The van der Waals surface area contributed by atoms with Crippen LogP contribution in [0.1, 0.15) is 25.3 Å². The molecule has 1 atom stereocenters. The Morgan fingerprint density at radius 1 is 1.44 bits per heavy atom. The molecule has 0 saturated carbocycles. The second kappa shape index (κ2) is 8.06. The van der Waals surface area contributed by atoms with Gasteiger partial charge in [-0.3, -0.25) is 0 Å². The highest BCUT2D eigenvalue weighted by Crippen LogP contribution is 2.17. The van der Waals surface area contributed by atoms with Crippen molar-refractivity contribution in [3.05, 3.63) is 29.6 Å². The lowest BCUT2D eigenvalue weighted by Crippen LogP contribution is -2.23. The minimum Gasteiger partial charge on any atom is -0.494 e. The van der Waals surface area contributed by atoms with Gasteiger partial charge in [0.25, 0.3) is 0 Å². The van der Waals surface area contributed by atoms with E-state index in [0.29, 0.717) is 12.5 Å². The van der Waals surface area contributed by atoms with Crippen LogP contribution in [-0.4, -0.2) is 25.4 Å². The summed E-state index contributed by atoms with van der Waals surface area (Å²) < 4.78 is 18.3. The number of ether oxygens (including phenoxy) is 1. The molecule has 0 spiro atoms. The predicted molar refractivity (Wildman–Crippen MR) is 70.1 cm³/mol. The van der Waals surface area contributed by atoms with Gasteiger partial charge < -0.3 is 15.2 Å². The summed E-state index contributed by atoms with van der Waals surface area (Å²) in [5, 5.41) is 12.2. The standard InChI is InChI=1S/C14H22FNO2/c1-3-11(6-7-17)9-16-10-12-4-5-14(18-2)13(15)8-12/h4-5,8,11,16-17H,3,6-7,9-10H2,1-2H3. The molecule has 0 aliphatic carbocycles. The second-order valence-corrected chi connectivity index (χ2v) is 4.39. The number of halogens is 1. The van der Waals surface area contributed by atoms with Crippen LogP contribution in [0.4, 0.5) is 4.39 Å². The maximum absolute atomic E-state index is 13.4. The van der Waals surface area contributed by atoms with Crippen molar-refractivity contribution in [1.82, 2.24) is 5.32 Å². The van der Waals surface area contributed by atoms with E-state index in [1.807, 2.05) is 6.07 Å². The summed E-state index contributed by atoms with van der Waals surface area (Å²) in [6.07, 6.45) is 1.84. The van der Waals surface area contributed by atoms with Gasteiger partial charge in [0.05, 0.1) is 7.11 Å². The average Bonchev–Trinajstić information content (AvgIpc) is 2.38. The molecule has 0 fully saturated rings. The van der Waals surface area contributed by atoms with E-state index in [0.717, 1.165) is 24.9 Å². The average molecular weight is 255 g/mol. The summed E-state index contributed by atoms with van der Waals surface area (Å²) in [6.45, 7) is 3.79. The normalized spacial score (nSPS) is 12.4. The van der Waals surface area contributed by atoms with Crippen LogP contribution in [0.3, 0.4) is 0 Å². The van der Waals surface area contributed by atoms with Crippen molar-refractivity contribution in [1.29, 1.82) is 0 Å². The number of aliphatic hydroxyl groups is 1. The molecular formula is C14H22FNO2. The molecule has 0 aliphatic rings. The van der Waals surface area contributed by atoms with Crippen LogP contribution in [0.5, 0.6) is 5.75 Å². The molecule has 3 nitrogen and oxygen atoms in total. The molecule has 102 valence electrons. The van der Waals surface area contributed by atoms with E-state index in [-0.39, 0.29) is 18.2 Å². The smallest absolute Gasteiger partial charge is 0.165 e. The first kappa shape index (κ1) is 14.9. The number of benzene rings is 1. The molecule has 4 heteroatoms. The minimum atomic E-state index is -0.334. The SMILES string of the molecule is CCC(CCO)CNCc1ccc(OC)c(F)c1. The Kier molecular flexibility index (Phi) is 6.68. The van der Waals surface area contributed by atoms with E-state index in [2.05, 4.69) is 12.2 Å². The quantitative estimate of drug-likeness (QED) is 0.749. The van der Waals surface area contributed by atoms with Gasteiger partial charge in [-0.15, -0.1) is 0 Å². The van der Waals surface area contributed by atoms with Crippen LogP contribution in [0.2, 0.25) is 0 Å². The molecule has 18 heavy (non-hydrogen) atoms. The number of hydrogen-bond donors (Lipinski definition) is 2. The Balaban J connectivity index is 2.41. The van der Waals surface area contributed by atoms with Crippen LogP contribution in [0.15, 0.2) is 18.2 Å². The number of hydrogen-bond acceptors (Lipinski definition) is 3. The first-order chi connectivity index (χ1) is 8.71. The van der Waals surface area contributed by atoms with Crippen LogP contribution < -0.4 is 10.1 Å². The molecule has 2 N–H and O–H groups in total. The summed E-state index contributed by atoms with van der Waals surface area (Å²) in [6, 6.07) is 4.97. The summed E-state index contributed by atoms with van der Waals surface area (Å²) in [5.41, 5.74) is 0.896. The van der Waals surface area contributed by atoms with Crippen LogP contribution in [0, 0.1) is 11.7 Å². The predicted octanol–water partition coefficient (Wildman–Crippen LogP) is 2.33. The Hall–Kier alpha value is -1.13. The van der Waals surface area contributed by atoms with Crippen molar-refractivity contribution in [3.63, 3.8) is 0 Å². The molecule has 0 bridgehead atoms. The van der Waals surface area contributed by atoms with Gasteiger partial charge in [0.15, 0.2) is 11.6 Å². The lowest BCUT2D eigenvalue weighted by Gasteiger charge is -2.14. The second-order valence-electron chi connectivity index (χ2n) is 4.39. The summed E-state index contributed by atoms with van der Waals surface area (Å²) in [4.78, 5) is 0. The van der Waals surface area contributed by atoms with Gasteiger partial charge >= 0.3 is 0 Å². The first-order valence-electron chi connectivity index (χ1n) is 6.35. The Morgan fingerprint density at radius 3 is 2.78 bits per heavy atom. The zero-order valence-corrected chi connectivity index (χ0v) is 11.1. The Labute approximate surface area is 108 Å². The number of nitrogens with one attached hydrogen (secondary N) is 1. The fourth-order valence-corrected chi connectivity index (χ4v) is 1.87. The highest BCUT2D eigenvalue weighted by atomic mass is 19.1. The number of aliphatic hydroxyl groups excluding tert-OH is 1. The topological polar surface area (TPSA) is 41.5 Å². The summed E-state index contributed by atoms with van der Waals surface area (Å²) in [5.74, 6) is 0.405. The van der Waals surface area contributed by atoms with Gasteiger partial charge in [-0.1, -0.05) is 19.4 Å². The fourth-order valence-electron chi connectivity index (χ4n) is 1.87. The van der Waals surface area contributed by atoms with E-state index in [1.54, 1.807) is 6.07 Å². The van der Waals surface area contributed by atoms with Crippen molar-refractivity contribution in [3.8, 4) is 5.75 Å². The first-order valence-corrected chi connectivity index (χ1v) is 6.35.